The Morgan fingerprint density at radius 2 is 2.00 bits per heavy atom. The van der Waals surface area contributed by atoms with Gasteiger partial charge in [-0.25, -0.2) is 8.42 Å². The van der Waals surface area contributed by atoms with Gasteiger partial charge in [0.1, 0.15) is 0 Å². The first kappa shape index (κ1) is 17.9. The van der Waals surface area contributed by atoms with Gasteiger partial charge >= 0.3 is 0 Å². The molecule has 4 nitrogen and oxygen atoms in total. The van der Waals surface area contributed by atoms with Crippen molar-refractivity contribution in [1.29, 1.82) is 0 Å². The Labute approximate surface area is 152 Å². The molecule has 0 bridgehead atoms. The van der Waals surface area contributed by atoms with Gasteiger partial charge in [-0.15, -0.1) is 11.3 Å². The van der Waals surface area contributed by atoms with Crippen LogP contribution in [0.15, 0.2) is 48.5 Å². The number of carbonyl (C=O) groups is 1. The third-order valence-electron chi connectivity index (χ3n) is 4.35. The Kier molecular flexibility index (Phi) is 5.39. The average Bonchev–Trinajstić information content (AvgIpc) is 3.21. The van der Waals surface area contributed by atoms with Crippen molar-refractivity contribution in [3.05, 3.63) is 53.4 Å². The predicted molar refractivity (Wildman–Crippen MR) is 103 cm³/mol. The van der Waals surface area contributed by atoms with E-state index >= 15 is 0 Å². The molecule has 3 rings (SSSR count). The minimum atomic E-state index is -2.99. The molecule has 0 radical (unpaired) electrons. The summed E-state index contributed by atoms with van der Waals surface area (Å²) in [6.45, 7) is 2.40. The molecule has 1 saturated heterocycles. The van der Waals surface area contributed by atoms with Gasteiger partial charge in [0.15, 0.2) is 9.84 Å². The highest BCUT2D eigenvalue weighted by atomic mass is 32.2. The smallest absolute Gasteiger partial charge is 0.246 e. The van der Waals surface area contributed by atoms with E-state index in [0.717, 1.165) is 15.3 Å². The van der Waals surface area contributed by atoms with E-state index in [1.807, 2.05) is 43.3 Å². The molecule has 1 unspecified atom stereocenters. The molecule has 1 aromatic heterocycles. The molecule has 1 aromatic carbocycles. The molecule has 1 aliphatic heterocycles. The Morgan fingerprint density at radius 3 is 2.64 bits per heavy atom. The summed E-state index contributed by atoms with van der Waals surface area (Å²) in [6, 6.07) is 14.0. The van der Waals surface area contributed by atoms with Crippen LogP contribution in [0.4, 0.5) is 0 Å². The summed E-state index contributed by atoms with van der Waals surface area (Å²) in [6.07, 6.45) is 3.90. The average molecular weight is 376 g/mol. The van der Waals surface area contributed by atoms with E-state index in [2.05, 4.69) is 12.1 Å². The van der Waals surface area contributed by atoms with Gasteiger partial charge in [-0.1, -0.05) is 30.3 Å². The summed E-state index contributed by atoms with van der Waals surface area (Å²) >= 11 is 1.63. The molecule has 2 heterocycles. The molecular formula is C19H21NO3S2. The van der Waals surface area contributed by atoms with Crippen molar-refractivity contribution in [1.82, 2.24) is 4.90 Å². The molecule has 1 aliphatic rings. The summed E-state index contributed by atoms with van der Waals surface area (Å²) in [5.41, 5.74) is 1.16. The molecular weight excluding hydrogens is 354 g/mol. The lowest BCUT2D eigenvalue weighted by Crippen LogP contribution is -2.39. The normalized spacial score (nSPS) is 19.3. The summed E-state index contributed by atoms with van der Waals surface area (Å²) in [7, 11) is -2.99. The van der Waals surface area contributed by atoms with Crippen LogP contribution in [0, 0.1) is 0 Å². The molecule has 1 amide bonds. The highest BCUT2D eigenvalue weighted by Crippen LogP contribution is 2.28. The summed E-state index contributed by atoms with van der Waals surface area (Å²) in [5.74, 6) is 0.132. The Hall–Kier alpha value is -1.92. The fourth-order valence-electron chi connectivity index (χ4n) is 3.06. The zero-order valence-corrected chi connectivity index (χ0v) is 15.7. The fourth-order valence-corrected chi connectivity index (χ4v) is 5.71. The number of carbonyl (C=O) groups excluding carboxylic acids is 1. The molecule has 1 atom stereocenters. The van der Waals surface area contributed by atoms with Crippen LogP contribution in [0.3, 0.4) is 0 Å². The number of nitrogens with zero attached hydrogens (tertiary/aromatic N) is 1. The van der Waals surface area contributed by atoms with Crippen LogP contribution in [0.1, 0.15) is 18.2 Å². The van der Waals surface area contributed by atoms with Crippen LogP contribution < -0.4 is 0 Å². The first-order valence-electron chi connectivity index (χ1n) is 8.33. The van der Waals surface area contributed by atoms with Gasteiger partial charge in [-0.05, 0) is 37.1 Å². The Bertz CT molecular complexity index is 869. The standard InChI is InChI=1S/C19H21NO3S2/c1-2-20(16-12-13-25(22,23)14-16)19(21)11-9-17-8-10-18(24-17)15-6-4-3-5-7-15/h3-11,16H,2,12-14H2,1H3/b11-9+. The quantitative estimate of drug-likeness (QED) is 0.752. The zero-order chi connectivity index (χ0) is 17.9. The van der Waals surface area contributed by atoms with Crippen molar-refractivity contribution >= 4 is 33.2 Å². The van der Waals surface area contributed by atoms with E-state index in [-0.39, 0.29) is 23.5 Å². The fraction of sp³-hybridized carbons (Fsp3) is 0.316. The highest BCUT2D eigenvalue weighted by Gasteiger charge is 2.33. The van der Waals surface area contributed by atoms with Crippen molar-refractivity contribution < 1.29 is 13.2 Å². The van der Waals surface area contributed by atoms with Gasteiger partial charge in [0.25, 0.3) is 0 Å². The van der Waals surface area contributed by atoms with Crippen molar-refractivity contribution in [3.8, 4) is 10.4 Å². The van der Waals surface area contributed by atoms with Crippen LogP contribution in [0.25, 0.3) is 16.5 Å². The topological polar surface area (TPSA) is 54.5 Å². The molecule has 0 N–H and O–H groups in total. The van der Waals surface area contributed by atoms with E-state index in [1.54, 1.807) is 22.3 Å². The third-order valence-corrected chi connectivity index (χ3v) is 7.20. The van der Waals surface area contributed by atoms with E-state index in [0.29, 0.717) is 13.0 Å². The minimum absolute atomic E-state index is 0.0809. The van der Waals surface area contributed by atoms with Gasteiger partial charge in [0.05, 0.1) is 11.5 Å². The van der Waals surface area contributed by atoms with E-state index in [9.17, 15) is 13.2 Å². The van der Waals surface area contributed by atoms with Crippen LogP contribution in [-0.4, -0.2) is 43.3 Å². The number of rotatable bonds is 5. The zero-order valence-electron chi connectivity index (χ0n) is 14.1. The van der Waals surface area contributed by atoms with E-state index in [4.69, 9.17) is 0 Å². The SMILES string of the molecule is CCN(C(=O)/C=C/c1ccc(-c2ccccc2)s1)C1CCS(=O)(=O)C1. The van der Waals surface area contributed by atoms with Crippen molar-refractivity contribution in [3.63, 3.8) is 0 Å². The molecule has 1 fully saturated rings. The molecule has 2 aromatic rings. The minimum Gasteiger partial charge on any atom is -0.335 e. The van der Waals surface area contributed by atoms with Crippen LogP contribution in [0.5, 0.6) is 0 Å². The number of benzene rings is 1. The van der Waals surface area contributed by atoms with Crippen molar-refractivity contribution in [2.24, 2.45) is 0 Å². The molecule has 0 saturated carbocycles. The second kappa shape index (κ2) is 7.54. The van der Waals surface area contributed by atoms with Gasteiger partial charge in [-0.3, -0.25) is 4.79 Å². The number of likely N-dealkylation sites (N-methyl/N-ethyl adjacent to an activating group) is 1. The number of hydrogen-bond acceptors (Lipinski definition) is 4. The lowest BCUT2D eigenvalue weighted by Gasteiger charge is -2.25. The van der Waals surface area contributed by atoms with Crippen molar-refractivity contribution in [2.75, 3.05) is 18.1 Å². The summed E-state index contributed by atoms with van der Waals surface area (Å²) in [5, 5.41) is 0. The number of amides is 1. The van der Waals surface area contributed by atoms with Crippen LogP contribution in [0.2, 0.25) is 0 Å². The Morgan fingerprint density at radius 1 is 1.24 bits per heavy atom. The molecule has 0 aliphatic carbocycles. The molecule has 132 valence electrons. The van der Waals surface area contributed by atoms with E-state index < -0.39 is 9.84 Å². The van der Waals surface area contributed by atoms with Gasteiger partial charge < -0.3 is 4.90 Å². The number of thiophene rings is 1. The number of hydrogen-bond donors (Lipinski definition) is 0. The van der Waals surface area contributed by atoms with Gasteiger partial charge in [0, 0.05) is 28.4 Å². The first-order valence-corrected chi connectivity index (χ1v) is 11.0. The van der Waals surface area contributed by atoms with Gasteiger partial charge in [0.2, 0.25) is 5.91 Å². The predicted octanol–water partition coefficient (Wildman–Crippen LogP) is 3.46. The van der Waals surface area contributed by atoms with Crippen LogP contribution in [-0.2, 0) is 14.6 Å². The summed E-state index contributed by atoms with van der Waals surface area (Å²) < 4.78 is 23.3. The largest absolute Gasteiger partial charge is 0.335 e. The maximum absolute atomic E-state index is 12.5. The molecule has 0 spiro atoms. The highest BCUT2D eigenvalue weighted by molar-refractivity contribution is 7.91. The number of sulfone groups is 1. The lowest BCUT2D eigenvalue weighted by atomic mass is 10.2. The monoisotopic (exact) mass is 375 g/mol. The van der Waals surface area contributed by atoms with Gasteiger partial charge in [-0.2, -0.15) is 0 Å². The molecule has 25 heavy (non-hydrogen) atoms. The van der Waals surface area contributed by atoms with Crippen molar-refractivity contribution in [2.45, 2.75) is 19.4 Å². The second-order valence-corrected chi connectivity index (χ2v) is 9.43. The summed E-state index contributed by atoms with van der Waals surface area (Å²) in [4.78, 5) is 16.3. The second-order valence-electron chi connectivity index (χ2n) is 6.08. The maximum Gasteiger partial charge on any atom is 0.246 e. The first-order chi connectivity index (χ1) is 12.0. The van der Waals surface area contributed by atoms with Crippen LogP contribution >= 0.6 is 11.3 Å². The Balaban J connectivity index is 1.69. The maximum atomic E-state index is 12.5. The lowest BCUT2D eigenvalue weighted by molar-refractivity contribution is -0.127. The third kappa shape index (κ3) is 4.38. The molecule has 6 heteroatoms. The van der Waals surface area contributed by atoms with E-state index in [1.165, 1.54) is 0 Å².